The Balaban J connectivity index is 1.79. The van der Waals surface area contributed by atoms with Crippen LogP contribution < -0.4 is 10.6 Å². The fourth-order valence-electron chi connectivity index (χ4n) is 3.73. The minimum Gasteiger partial charge on any atom is -0.384 e. The smallest absolute Gasteiger partial charge is 0.0347 e. The fraction of sp³-hybridized carbons (Fsp3) is 0.304. The lowest BCUT2D eigenvalue weighted by Crippen LogP contribution is -2.46. The second kappa shape index (κ2) is 8.17. The van der Waals surface area contributed by atoms with Crippen LogP contribution in [0.15, 0.2) is 67.3 Å². The van der Waals surface area contributed by atoms with E-state index >= 15 is 0 Å². The Morgan fingerprint density at radius 1 is 1.08 bits per heavy atom. The van der Waals surface area contributed by atoms with Gasteiger partial charge in [0.25, 0.3) is 0 Å². The van der Waals surface area contributed by atoms with E-state index in [0.29, 0.717) is 0 Å². The number of rotatable bonds is 6. The lowest BCUT2D eigenvalue weighted by atomic mass is 9.73. The third-order valence-corrected chi connectivity index (χ3v) is 5.22. The first-order chi connectivity index (χ1) is 12.2. The van der Waals surface area contributed by atoms with Crippen LogP contribution in [0.5, 0.6) is 0 Å². The Morgan fingerprint density at radius 3 is 2.48 bits per heavy atom. The van der Waals surface area contributed by atoms with Gasteiger partial charge in [0.05, 0.1) is 0 Å². The topological polar surface area (TPSA) is 24.1 Å². The van der Waals surface area contributed by atoms with Gasteiger partial charge in [0.15, 0.2) is 0 Å². The molecule has 0 radical (unpaired) electrons. The standard InChI is InChI=1S/C23H28N2/c1-3-9-20-10-7-8-13-22(20)19(2)25-18-23(14-16-24-17-15-23)21-11-5-4-6-12-21/h3-13,24-25H,2,14-18H2,1H3/b9-3-. The van der Waals surface area contributed by atoms with Crippen LogP contribution in [0.2, 0.25) is 0 Å². The minimum atomic E-state index is 0.172. The van der Waals surface area contributed by atoms with Crippen molar-refractivity contribution < 1.29 is 0 Å². The molecule has 130 valence electrons. The summed E-state index contributed by atoms with van der Waals surface area (Å²) in [5.41, 5.74) is 4.99. The molecule has 0 spiro atoms. The van der Waals surface area contributed by atoms with Crippen molar-refractivity contribution in [2.45, 2.75) is 25.2 Å². The molecule has 1 saturated heterocycles. The van der Waals surface area contributed by atoms with Gasteiger partial charge >= 0.3 is 0 Å². The number of piperidine rings is 1. The summed E-state index contributed by atoms with van der Waals surface area (Å²) in [6, 6.07) is 19.4. The van der Waals surface area contributed by atoms with Gasteiger partial charge < -0.3 is 10.6 Å². The lowest BCUT2D eigenvalue weighted by Gasteiger charge is -2.39. The molecule has 0 saturated carbocycles. The minimum absolute atomic E-state index is 0.172. The van der Waals surface area contributed by atoms with Crippen molar-refractivity contribution in [3.8, 4) is 0 Å². The Bertz CT molecular complexity index is 725. The highest BCUT2D eigenvalue weighted by Crippen LogP contribution is 2.33. The van der Waals surface area contributed by atoms with Crippen LogP contribution in [-0.4, -0.2) is 19.6 Å². The van der Waals surface area contributed by atoms with Crippen molar-refractivity contribution in [3.05, 3.63) is 83.9 Å². The van der Waals surface area contributed by atoms with E-state index in [0.717, 1.165) is 38.2 Å². The van der Waals surface area contributed by atoms with E-state index in [-0.39, 0.29) is 5.41 Å². The van der Waals surface area contributed by atoms with E-state index in [9.17, 15) is 0 Å². The molecule has 1 aliphatic heterocycles. The van der Waals surface area contributed by atoms with Crippen LogP contribution in [0.25, 0.3) is 11.8 Å². The summed E-state index contributed by atoms with van der Waals surface area (Å²) in [6.07, 6.45) is 6.51. The summed E-state index contributed by atoms with van der Waals surface area (Å²) in [5, 5.41) is 7.15. The van der Waals surface area contributed by atoms with Crippen molar-refractivity contribution in [3.63, 3.8) is 0 Å². The Morgan fingerprint density at radius 2 is 1.76 bits per heavy atom. The molecular formula is C23H28N2. The number of hydrogen-bond acceptors (Lipinski definition) is 2. The third kappa shape index (κ3) is 4.02. The quantitative estimate of drug-likeness (QED) is 0.808. The Kier molecular flexibility index (Phi) is 5.72. The first kappa shape index (κ1) is 17.5. The molecule has 2 heteroatoms. The summed E-state index contributed by atoms with van der Waals surface area (Å²) in [7, 11) is 0. The normalized spacial score (nSPS) is 16.7. The van der Waals surface area contributed by atoms with Crippen LogP contribution in [0.3, 0.4) is 0 Å². The second-order valence-electron chi connectivity index (χ2n) is 6.82. The first-order valence-electron chi connectivity index (χ1n) is 9.16. The van der Waals surface area contributed by atoms with Gasteiger partial charge in [-0.05, 0) is 44.0 Å². The Labute approximate surface area is 151 Å². The van der Waals surface area contributed by atoms with E-state index in [1.165, 1.54) is 16.7 Å². The van der Waals surface area contributed by atoms with Crippen LogP contribution in [0.1, 0.15) is 36.5 Å². The predicted molar refractivity (Wildman–Crippen MR) is 108 cm³/mol. The van der Waals surface area contributed by atoms with Crippen LogP contribution in [0.4, 0.5) is 0 Å². The van der Waals surface area contributed by atoms with Gasteiger partial charge in [-0.1, -0.05) is 73.3 Å². The number of allylic oxidation sites excluding steroid dienone is 1. The maximum Gasteiger partial charge on any atom is 0.0347 e. The fourth-order valence-corrected chi connectivity index (χ4v) is 3.73. The zero-order valence-electron chi connectivity index (χ0n) is 15.1. The molecule has 2 aromatic rings. The highest BCUT2D eigenvalue weighted by molar-refractivity contribution is 5.72. The third-order valence-electron chi connectivity index (χ3n) is 5.22. The van der Waals surface area contributed by atoms with Gasteiger partial charge in [0.2, 0.25) is 0 Å². The molecule has 1 fully saturated rings. The van der Waals surface area contributed by atoms with E-state index in [2.05, 4.69) is 84.0 Å². The average molecular weight is 332 g/mol. The van der Waals surface area contributed by atoms with Crippen molar-refractivity contribution in [2.75, 3.05) is 19.6 Å². The molecule has 0 unspecified atom stereocenters. The van der Waals surface area contributed by atoms with E-state index in [1.807, 2.05) is 6.92 Å². The summed E-state index contributed by atoms with van der Waals surface area (Å²) in [4.78, 5) is 0. The predicted octanol–water partition coefficient (Wildman–Crippen LogP) is 4.60. The SMILES string of the molecule is C=C(NCC1(c2ccccc2)CCNCC1)c1ccccc1/C=C\C. The summed E-state index contributed by atoms with van der Waals surface area (Å²) in [5.74, 6) is 0. The van der Waals surface area contributed by atoms with Crippen molar-refractivity contribution in [2.24, 2.45) is 0 Å². The van der Waals surface area contributed by atoms with Crippen molar-refractivity contribution in [1.29, 1.82) is 0 Å². The largest absolute Gasteiger partial charge is 0.384 e. The summed E-state index contributed by atoms with van der Waals surface area (Å²) < 4.78 is 0. The second-order valence-corrected chi connectivity index (χ2v) is 6.82. The van der Waals surface area contributed by atoms with Crippen LogP contribution in [-0.2, 0) is 5.41 Å². The molecule has 0 aromatic heterocycles. The summed E-state index contributed by atoms with van der Waals surface area (Å²) in [6.45, 7) is 9.42. The Hall–Kier alpha value is -2.32. The lowest BCUT2D eigenvalue weighted by molar-refractivity contribution is 0.305. The van der Waals surface area contributed by atoms with Gasteiger partial charge in [-0.15, -0.1) is 0 Å². The maximum atomic E-state index is 4.32. The first-order valence-corrected chi connectivity index (χ1v) is 9.16. The molecule has 2 nitrogen and oxygen atoms in total. The number of nitrogens with one attached hydrogen (secondary N) is 2. The van der Waals surface area contributed by atoms with Gasteiger partial charge in [-0.2, -0.15) is 0 Å². The van der Waals surface area contributed by atoms with Gasteiger partial charge in [0.1, 0.15) is 0 Å². The molecule has 1 aliphatic rings. The van der Waals surface area contributed by atoms with Crippen LogP contribution in [0, 0.1) is 0 Å². The maximum absolute atomic E-state index is 4.32. The molecule has 0 atom stereocenters. The van der Waals surface area contributed by atoms with Gasteiger partial charge in [-0.25, -0.2) is 0 Å². The van der Waals surface area contributed by atoms with Crippen LogP contribution >= 0.6 is 0 Å². The average Bonchev–Trinajstić information content (AvgIpc) is 2.68. The zero-order valence-corrected chi connectivity index (χ0v) is 15.1. The van der Waals surface area contributed by atoms with E-state index < -0.39 is 0 Å². The van der Waals surface area contributed by atoms with Crippen molar-refractivity contribution in [1.82, 2.24) is 10.6 Å². The number of benzene rings is 2. The zero-order chi connectivity index (χ0) is 17.5. The van der Waals surface area contributed by atoms with Crippen molar-refractivity contribution >= 4 is 11.8 Å². The number of hydrogen-bond donors (Lipinski definition) is 2. The molecule has 25 heavy (non-hydrogen) atoms. The summed E-state index contributed by atoms with van der Waals surface area (Å²) >= 11 is 0. The molecule has 0 aliphatic carbocycles. The molecule has 0 amide bonds. The van der Waals surface area contributed by atoms with E-state index in [4.69, 9.17) is 0 Å². The van der Waals surface area contributed by atoms with Gasteiger partial charge in [-0.3, -0.25) is 0 Å². The highest BCUT2D eigenvalue weighted by atomic mass is 14.9. The molecule has 1 heterocycles. The van der Waals surface area contributed by atoms with Gasteiger partial charge in [0, 0.05) is 23.2 Å². The van der Waals surface area contributed by atoms with E-state index in [1.54, 1.807) is 0 Å². The monoisotopic (exact) mass is 332 g/mol. The molecule has 2 N–H and O–H groups in total. The molecule has 3 rings (SSSR count). The molecular weight excluding hydrogens is 304 g/mol. The molecule has 2 aromatic carbocycles. The molecule has 0 bridgehead atoms. The highest BCUT2D eigenvalue weighted by Gasteiger charge is 2.33.